The number of nitrogens with two attached hydrogens (primary N) is 1. The van der Waals surface area contributed by atoms with Gasteiger partial charge >= 0.3 is 0 Å². The van der Waals surface area contributed by atoms with E-state index >= 15 is 0 Å². The number of hydrogen-bond acceptors (Lipinski definition) is 4. The molecule has 0 aromatic carbocycles. The van der Waals surface area contributed by atoms with Gasteiger partial charge in [0.05, 0.1) is 18.2 Å². The maximum atomic E-state index is 5.96. The zero-order valence-electron chi connectivity index (χ0n) is 10.2. The van der Waals surface area contributed by atoms with Gasteiger partial charge in [-0.2, -0.15) is 0 Å². The Morgan fingerprint density at radius 1 is 1.53 bits per heavy atom. The molecule has 1 aliphatic rings. The number of hydrogen-bond donors (Lipinski definition) is 1. The van der Waals surface area contributed by atoms with Crippen LogP contribution in [0.4, 0.5) is 0 Å². The second kappa shape index (κ2) is 5.80. The maximum absolute atomic E-state index is 5.96. The number of ether oxygens (including phenoxy) is 1. The van der Waals surface area contributed by atoms with Gasteiger partial charge in [0, 0.05) is 29.0 Å². The van der Waals surface area contributed by atoms with Gasteiger partial charge in [-0.05, 0) is 41.2 Å². The van der Waals surface area contributed by atoms with E-state index < -0.39 is 0 Å². The Morgan fingerprint density at radius 2 is 2.18 bits per heavy atom. The molecule has 0 aliphatic carbocycles. The van der Waals surface area contributed by atoms with Gasteiger partial charge in [-0.25, -0.2) is 0 Å². The first-order valence-electron chi connectivity index (χ1n) is 5.94. The number of thiophene rings is 1. The lowest BCUT2D eigenvalue weighted by molar-refractivity contribution is -0.0796. The van der Waals surface area contributed by atoms with Crippen LogP contribution in [-0.2, 0) is 4.74 Å². The third-order valence-corrected chi connectivity index (χ3v) is 5.03. The molecule has 17 heavy (non-hydrogen) atoms. The maximum Gasteiger partial charge on any atom is 0.0678 e. The lowest BCUT2D eigenvalue weighted by atomic mass is 10.1. The van der Waals surface area contributed by atoms with Gasteiger partial charge in [0.25, 0.3) is 0 Å². The Hall–Kier alpha value is 0.0600. The highest BCUT2D eigenvalue weighted by atomic mass is 79.9. The van der Waals surface area contributed by atoms with E-state index in [1.807, 2.05) is 0 Å². The minimum atomic E-state index is 0.284. The van der Waals surface area contributed by atoms with Crippen molar-refractivity contribution in [1.29, 1.82) is 0 Å². The molecule has 1 fully saturated rings. The molecule has 0 saturated carbocycles. The number of nitrogens with zero attached hydrogens (tertiary/aromatic N) is 1. The summed E-state index contributed by atoms with van der Waals surface area (Å²) in [5.41, 5.74) is 5.96. The Balaban J connectivity index is 2.15. The van der Waals surface area contributed by atoms with E-state index in [1.165, 1.54) is 9.35 Å². The molecule has 0 spiro atoms. The Kier molecular flexibility index (Phi) is 4.60. The van der Waals surface area contributed by atoms with Crippen LogP contribution in [0.25, 0.3) is 0 Å². The molecule has 2 heterocycles. The predicted octanol–water partition coefficient (Wildman–Crippen LogP) is 2.62. The Labute approximate surface area is 115 Å². The van der Waals surface area contributed by atoms with Crippen LogP contribution in [0.15, 0.2) is 15.9 Å². The van der Waals surface area contributed by atoms with Crippen molar-refractivity contribution in [3.63, 3.8) is 0 Å². The highest BCUT2D eigenvalue weighted by Crippen LogP contribution is 2.33. The minimum Gasteiger partial charge on any atom is -0.373 e. The molecule has 2 rings (SSSR count). The van der Waals surface area contributed by atoms with Crippen molar-refractivity contribution in [3.05, 3.63) is 20.8 Å². The summed E-state index contributed by atoms with van der Waals surface area (Å²) < 4.78 is 6.94. The number of halogens is 1. The third kappa shape index (κ3) is 3.09. The normalized spacial score (nSPS) is 28.2. The zero-order chi connectivity index (χ0) is 12.4. The van der Waals surface area contributed by atoms with Crippen LogP contribution in [0.3, 0.4) is 0 Å². The van der Waals surface area contributed by atoms with Gasteiger partial charge in [-0.1, -0.05) is 0 Å². The van der Waals surface area contributed by atoms with Gasteiger partial charge in [-0.3, -0.25) is 4.90 Å². The molecule has 1 aliphatic heterocycles. The van der Waals surface area contributed by atoms with Crippen molar-refractivity contribution in [3.8, 4) is 0 Å². The van der Waals surface area contributed by atoms with Crippen LogP contribution < -0.4 is 5.73 Å². The van der Waals surface area contributed by atoms with Crippen LogP contribution in [0.2, 0.25) is 0 Å². The van der Waals surface area contributed by atoms with Crippen LogP contribution >= 0.6 is 27.3 Å². The molecule has 3 unspecified atom stereocenters. The molecular formula is C12H19BrN2OS. The van der Waals surface area contributed by atoms with E-state index in [0.29, 0.717) is 12.6 Å². The molecule has 1 aromatic rings. The van der Waals surface area contributed by atoms with Crippen LogP contribution in [0.5, 0.6) is 0 Å². The van der Waals surface area contributed by atoms with Crippen molar-refractivity contribution in [1.82, 2.24) is 4.90 Å². The topological polar surface area (TPSA) is 38.5 Å². The number of rotatable bonds is 3. The highest BCUT2D eigenvalue weighted by Gasteiger charge is 2.29. The summed E-state index contributed by atoms with van der Waals surface area (Å²) in [7, 11) is 0. The summed E-state index contributed by atoms with van der Waals surface area (Å²) >= 11 is 5.37. The molecule has 1 saturated heterocycles. The van der Waals surface area contributed by atoms with E-state index in [0.717, 1.165) is 13.1 Å². The number of morpholine rings is 1. The smallest absolute Gasteiger partial charge is 0.0678 e. The van der Waals surface area contributed by atoms with Crippen molar-refractivity contribution in [2.45, 2.75) is 32.1 Å². The predicted molar refractivity (Wildman–Crippen MR) is 75.4 cm³/mol. The van der Waals surface area contributed by atoms with Gasteiger partial charge in [-0.15, -0.1) is 11.3 Å². The lowest BCUT2D eigenvalue weighted by Gasteiger charge is -2.39. The minimum absolute atomic E-state index is 0.284. The standard InChI is InChI=1S/C12H19BrN2OS/c1-8-6-15(7-9(2)16-8)11(5-14)12-10(13)3-4-17-12/h3-4,8-9,11H,5-7,14H2,1-2H3. The Bertz CT molecular complexity index is 361. The largest absolute Gasteiger partial charge is 0.373 e. The fraction of sp³-hybridized carbons (Fsp3) is 0.667. The molecule has 96 valence electrons. The third-order valence-electron chi connectivity index (χ3n) is 3.06. The SMILES string of the molecule is CC1CN(C(CN)c2sccc2Br)CC(C)O1. The average Bonchev–Trinajstić information content (AvgIpc) is 2.65. The first-order valence-corrected chi connectivity index (χ1v) is 7.61. The van der Waals surface area contributed by atoms with E-state index in [9.17, 15) is 0 Å². The summed E-state index contributed by atoms with van der Waals surface area (Å²) in [4.78, 5) is 3.77. The van der Waals surface area contributed by atoms with Crippen molar-refractivity contribution in [2.24, 2.45) is 5.73 Å². The van der Waals surface area contributed by atoms with E-state index in [4.69, 9.17) is 10.5 Å². The van der Waals surface area contributed by atoms with Gasteiger partial charge in [0.1, 0.15) is 0 Å². The van der Waals surface area contributed by atoms with E-state index in [1.54, 1.807) is 11.3 Å². The van der Waals surface area contributed by atoms with Gasteiger partial charge in [0.15, 0.2) is 0 Å². The van der Waals surface area contributed by atoms with Crippen molar-refractivity contribution >= 4 is 27.3 Å². The molecular weight excluding hydrogens is 300 g/mol. The molecule has 2 N–H and O–H groups in total. The molecule has 1 aromatic heterocycles. The first-order chi connectivity index (χ1) is 8.11. The molecule has 5 heteroatoms. The summed E-state index contributed by atoms with van der Waals surface area (Å²) in [6.45, 7) is 6.81. The average molecular weight is 319 g/mol. The fourth-order valence-electron chi connectivity index (χ4n) is 2.44. The summed E-state index contributed by atoms with van der Waals surface area (Å²) in [5.74, 6) is 0. The summed E-state index contributed by atoms with van der Waals surface area (Å²) in [6, 6.07) is 2.40. The van der Waals surface area contributed by atoms with E-state index in [-0.39, 0.29) is 12.2 Å². The van der Waals surface area contributed by atoms with Crippen molar-refractivity contribution in [2.75, 3.05) is 19.6 Å². The summed E-state index contributed by atoms with van der Waals surface area (Å²) in [6.07, 6.45) is 0.568. The second-order valence-electron chi connectivity index (χ2n) is 4.60. The molecule has 0 amide bonds. The second-order valence-corrected chi connectivity index (χ2v) is 6.40. The molecule has 0 bridgehead atoms. The quantitative estimate of drug-likeness (QED) is 0.931. The van der Waals surface area contributed by atoms with Crippen LogP contribution in [-0.4, -0.2) is 36.7 Å². The van der Waals surface area contributed by atoms with Gasteiger partial charge < -0.3 is 10.5 Å². The van der Waals surface area contributed by atoms with Gasteiger partial charge in [0.2, 0.25) is 0 Å². The molecule has 3 nitrogen and oxygen atoms in total. The zero-order valence-corrected chi connectivity index (χ0v) is 12.6. The monoisotopic (exact) mass is 318 g/mol. The Morgan fingerprint density at radius 3 is 2.65 bits per heavy atom. The van der Waals surface area contributed by atoms with Crippen LogP contribution in [0.1, 0.15) is 24.8 Å². The first kappa shape index (κ1) is 13.5. The van der Waals surface area contributed by atoms with E-state index in [2.05, 4.69) is 46.1 Å². The summed E-state index contributed by atoms with van der Waals surface area (Å²) in [5, 5.41) is 2.11. The lowest BCUT2D eigenvalue weighted by Crippen LogP contribution is -2.48. The highest BCUT2D eigenvalue weighted by molar-refractivity contribution is 9.10. The molecule has 0 radical (unpaired) electrons. The fourth-order valence-corrected chi connectivity index (χ4v) is 4.22. The molecule has 3 atom stereocenters. The van der Waals surface area contributed by atoms with Crippen molar-refractivity contribution < 1.29 is 4.74 Å². The van der Waals surface area contributed by atoms with Crippen LogP contribution in [0, 0.1) is 0 Å².